The van der Waals surface area contributed by atoms with Crippen LogP contribution in [0.1, 0.15) is 17.2 Å². The number of rotatable bonds is 5. The molecular formula is C27H24F2N4O2. The Morgan fingerprint density at radius 2 is 1.40 bits per heavy atom. The van der Waals surface area contributed by atoms with Crippen molar-refractivity contribution in [3.05, 3.63) is 112 Å². The van der Waals surface area contributed by atoms with Crippen LogP contribution in [0.4, 0.5) is 8.78 Å². The SMILES string of the molecule is O=C(Cn1cnc2ccccc2c1=O)N1CCN(C(c2ccc(F)cc2)c2ccc(F)cc2)CC1. The molecule has 0 unspecified atom stereocenters. The van der Waals surface area contributed by atoms with Gasteiger partial charge in [-0.3, -0.25) is 19.1 Å². The van der Waals surface area contributed by atoms with Crippen LogP contribution in [0, 0.1) is 11.6 Å². The van der Waals surface area contributed by atoms with Gasteiger partial charge in [-0.15, -0.1) is 0 Å². The van der Waals surface area contributed by atoms with Crippen molar-refractivity contribution in [3.8, 4) is 0 Å². The zero-order chi connectivity index (χ0) is 24.4. The molecule has 1 aromatic heterocycles. The second-order valence-corrected chi connectivity index (χ2v) is 8.62. The third-order valence-electron chi connectivity index (χ3n) is 6.44. The number of amides is 1. The number of aromatic nitrogens is 2. The van der Waals surface area contributed by atoms with Crippen molar-refractivity contribution in [2.45, 2.75) is 12.6 Å². The monoisotopic (exact) mass is 474 g/mol. The lowest BCUT2D eigenvalue weighted by atomic mass is 9.96. The quantitative estimate of drug-likeness (QED) is 0.444. The van der Waals surface area contributed by atoms with E-state index in [1.165, 1.54) is 35.2 Å². The Hall–Kier alpha value is -3.91. The maximum Gasteiger partial charge on any atom is 0.261 e. The molecule has 1 aliphatic heterocycles. The highest BCUT2D eigenvalue weighted by Gasteiger charge is 2.28. The minimum Gasteiger partial charge on any atom is -0.339 e. The van der Waals surface area contributed by atoms with Crippen molar-refractivity contribution in [2.75, 3.05) is 26.2 Å². The summed E-state index contributed by atoms with van der Waals surface area (Å²) in [5.41, 5.74) is 2.15. The van der Waals surface area contributed by atoms with E-state index in [9.17, 15) is 18.4 Å². The Bertz CT molecular complexity index is 1350. The van der Waals surface area contributed by atoms with Crippen LogP contribution in [-0.4, -0.2) is 51.4 Å². The highest BCUT2D eigenvalue weighted by atomic mass is 19.1. The second-order valence-electron chi connectivity index (χ2n) is 8.62. The molecule has 5 rings (SSSR count). The lowest BCUT2D eigenvalue weighted by Gasteiger charge is -2.39. The highest BCUT2D eigenvalue weighted by molar-refractivity contribution is 5.79. The Labute approximate surface area is 201 Å². The summed E-state index contributed by atoms with van der Waals surface area (Å²) in [4.78, 5) is 34.0. The van der Waals surface area contributed by atoms with Crippen LogP contribution in [0.5, 0.6) is 0 Å². The smallest absolute Gasteiger partial charge is 0.261 e. The number of halogens is 2. The fraction of sp³-hybridized carbons (Fsp3) is 0.222. The van der Waals surface area contributed by atoms with Gasteiger partial charge in [-0.2, -0.15) is 0 Å². The predicted molar refractivity (Wildman–Crippen MR) is 129 cm³/mol. The van der Waals surface area contributed by atoms with Gasteiger partial charge >= 0.3 is 0 Å². The number of carbonyl (C=O) groups excluding carboxylic acids is 1. The normalized spacial score (nSPS) is 14.5. The molecule has 35 heavy (non-hydrogen) atoms. The Balaban J connectivity index is 1.31. The van der Waals surface area contributed by atoms with Gasteiger partial charge in [-0.25, -0.2) is 13.8 Å². The fourth-order valence-corrected chi connectivity index (χ4v) is 4.60. The van der Waals surface area contributed by atoms with Crippen LogP contribution in [-0.2, 0) is 11.3 Å². The largest absolute Gasteiger partial charge is 0.339 e. The van der Waals surface area contributed by atoms with Crippen LogP contribution in [0.25, 0.3) is 10.9 Å². The number of piperazine rings is 1. The molecule has 1 aliphatic rings. The van der Waals surface area contributed by atoms with E-state index in [1.54, 1.807) is 47.4 Å². The average molecular weight is 475 g/mol. The second kappa shape index (κ2) is 9.76. The van der Waals surface area contributed by atoms with Crippen LogP contribution >= 0.6 is 0 Å². The van der Waals surface area contributed by atoms with Crippen molar-refractivity contribution < 1.29 is 13.6 Å². The lowest BCUT2D eigenvalue weighted by Crippen LogP contribution is -2.51. The molecular weight excluding hydrogens is 450 g/mol. The summed E-state index contributed by atoms with van der Waals surface area (Å²) < 4.78 is 28.4. The minimum atomic E-state index is -0.319. The highest BCUT2D eigenvalue weighted by Crippen LogP contribution is 2.30. The van der Waals surface area contributed by atoms with E-state index in [1.807, 2.05) is 6.07 Å². The summed E-state index contributed by atoms with van der Waals surface area (Å²) in [5.74, 6) is -0.787. The number of hydrogen-bond donors (Lipinski definition) is 0. The molecule has 1 saturated heterocycles. The number of para-hydroxylation sites is 1. The summed E-state index contributed by atoms with van der Waals surface area (Å²) in [7, 11) is 0. The van der Waals surface area contributed by atoms with E-state index < -0.39 is 0 Å². The first-order valence-corrected chi connectivity index (χ1v) is 11.5. The Kier molecular flexibility index (Phi) is 6.37. The van der Waals surface area contributed by atoms with Crippen molar-refractivity contribution >= 4 is 16.8 Å². The van der Waals surface area contributed by atoms with Gasteiger partial charge < -0.3 is 4.90 Å². The van der Waals surface area contributed by atoms with E-state index >= 15 is 0 Å². The number of benzene rings is 3. The zero-order valence-electron chi connectivity index (χ0n) is 19.0. The number of carbonyl (C=O) groups is 1. The number of hydrogen-bond acceptors (Lipinski definition) is 4. The molecule has 0 aliphatic carbocycles. The van der Waals surface area contributed by atoms with Crippen molar-refractivity contribution in [1.29, 1.82) is 0 Å². The third-order valence-corrected chi connectivity index (χ3v) is 6.44. The molecule has 0 radical (unpaired) electrons. The van der Waals surface area contributed by atoms with E-state index in [4.69, 9.17) is 0 Å². The summed E-state index contributed by atoms with van der Waals surface area (Å²) in [6.07, 6.45) is 1.41. The van der Waals surface area contributed by atoms with Gasteiger partial charge in [0.1, 0.15) is 18.2 Å². The maximum absolute atomic E-state index is 13.5. The van der Waals surface area contributed by atoms with Crippen molar-refractivity contribution in [3.63, 3.8) is 0 Å². The molecule has 0 saturated carbocycles. The van der Waals surface area contributed by atoms with Gasteiger partial charge in [0, 0.05) is 26.2 Å². The van der Waals surface area contributed by atoms with E-state index in [0.29, 0.717) is 37.1 Å². The third kappa shape index (κ3) is 4.83. The van der Waals surface area contributed by atoms with Gasteiger partial charge in [0.15, 0.2) is 0 Å². The first-order chi connectivity index (χ1) is 17.0. The van der Waals surface area contributed by atoms with Gasteiger partial charge in [0.25, 0.3) is 5.56 Å². The summed E-state index contributed by atoms with van der Waals surface area (Å²) in [6, 6.07) is 19.5. The summed E-state index contributed by atoms with van der Waals surface area (Å²) >= 11 is 0. The molecule has 0 bridgehead atoms. The molecule has 4 aromatic rings. The van der Waals surface area contributed by atoms with Crippen LogP contribution in [0.2, 0.25) is 0 Å². The zero-order valence-corrected chi connectivity index (χ0v) is 19.0. The summed E-state index contributed by atoms with van der Waals surface area (Å²) in [5, 5.41) is 0.481. The number of fused-ring (bicyclic) bond motifs is 1. The molecule has 178 valence electrons. The summed E-state index contributed by atoms with van der Waals surface area (Å²) in [6.45, 7) is 2.04. The number of nitrogens with zero attached hydrogens (tertiary/aromatic N) is 4. The molecule has 8 heteroatoms. The Morgan fingerprint density at radius 1 is 0.829 bits per heavy atom. The standard InChI is InChI=1S/C27H24F2N4O2/c28-21-9-5-19(6-10-21)26(20-7-11-22(29)12-8-20)32-15-13-31(14-16-32)25(34)17-33-18-30-24-4-2-1-3-23(24)27(33)35/h1-12,18,26H,13-17H2. The Morgan fingerprint density at radius 3 is 2.00 bits per heavy atom. The predicted octanol–water partition coefficient (Wildman–Crippen LogP) is 3.61. The molecule has 6 nitrogen and oxygen atoms in total. The van der Waals surface area contributed by atoms with E-state index in [-0.39, 0.29) is 35.7 Å². The lowest BCUT2D eigenvalue weighted by molar-refractivity contribution is -0.133. The van der Waals surface area contributed by atoms with Crippen molar-refractivity contribution in [2.24, 2.45) is 0 Å². The fourth-order valence-electron chi connectivity index (χ4n) is 4.60. The van der Waals surface area contributed by atoms with Gasteiger partial charge in [-0.05, 0) is 47.5 Å². The van der Waals surface area contributed by atoms with Crippen LogP contribution < -0.4 is 5.56 Å². The van der Waals surface area contributed by atoms with Gasteiger partial charge in [-0.1, -0.05) is 36.4 Å². The molecule has 1 fully saturated rings. The topological polar surface area (TPSA) is 58.4 Å². The van der Waals surface area contributed by atoms with Gasteiger partial charge in [0.05, 0.1) is 23.3 Å². The molecule has 0 spiro atoms. The van der Waals surface area contributed by atoms with E-state index in [2.05, 4.69) is 9.88 Å². The van der Waals surface area contributed by atoms with Gasteiger partial charge in [0.2, 0.25) is 5.91 Å². The first-order valence-electron chi connectivity index (χ1n) is 11.5. The van der Waals surface area contributed by atoms with Crippen molar-refractivity contribution in [1.82, 2.24) is 19.4 Å². The van der Waals surface area contributed by atoms with Crippen LogP contribution in [0.15, 0.2) is 83.9 Å². The molecule has 0 N–H and O–H groups in total. The first kappa shape index (κ1) is 22.9. The molecule has 3 aromatic carbocycles. The van der Waals surface area contributed by atoms with E-state index in [0.717, 1.165) is 11.1 Å². The average Bonchev–Trinajstić information content (AvgIpc) is 2.88. The molecule has 0 atom stereocenters. The molecule has 2 heterocycles. The molecule has 1 amide bonds. The maximum atomic E-state index is 13.5. The minimum absolute atomic E-state index is 0.0734. The van der Waals surface area contributed by atoms with Crippen LogP contribution in [0.3, 0.4) is 0 Å².